The molecule has 0 unspecified atom stereocenters. The summed E-state index contributed by atoms with van der Waals surface area (Å²) in [6.45, 7) is 6.28. The molecular weight excluding hydrogens is 277 g/mol. The third kappa shape index (κ3) is 3.02. The van der Waals surface area contributed by atoms with Gasteiger partial charge in [0, 0.05) is 19.6 Å². The standard InChI is InChI=1S/C18H20FN3/c1-13-11-15(7-8-16(13)19)12-20-9-10-22-14(2)21-17-5-3-4-6-18(17)22/h3-8,11,20H,9-10,12H2,1-2H3. The molecule has 1 aromatic heterocycles. The lowest BCUT2D eigenvalue weighted by Gasteiger charge is -2.09. The molecule has 1 N–H and O–H groups in total. The van der Waals surface area contributed by atoms with Gasteiger partial charge in [-0.15, -0.1) is 0 Å². The van der Waals surface area contributed by atoms with Crippen LogP contribution >= 0.6 is 0 Å². The van der Waals surface area contributed by atoms with E-state index in [0.717, 1.165) is 36.5 Å². The first kappa shape index (κ1) is 14.7. The molecule has 0 aliphatic rings. The number of rotatable bonds is 5. The monoisotopic (exact) mass is 297 g/mol. The van der Waals surface area contributed by atoms with Gasteiger partial charge in [-0.25, -0.2) is 9.37 Å². The minimum Gasteiger partial charge on any atom is -0.327 e. The summed E-state index contributed by atoms with van der Waals surface area (Å²) >= 11 is 0. The molecule has 22 heavy (non-hydrogen) atoms. The van der Waals surface area contributed by atoms with Gasteiger partial charge in [0.05, 0.1) is 11.0 Å². The molecular formula is C18H20FN3. The fraction of sp³-hybridized carbons (Fsp3) is 0.278. The molecule has 0 bridgehead atoms. The smallest absolute Gasteiger partial charge is 0.126 e. The highest BCUT2D eigenvalue weighted by Crippen LogP contribution is 2.15. The largest absolute Gasteiger partial charge is 0.327 e. The molecule has 0 saturated carbocycles. The minimum atomic E-state index is -0.149. The molecule has 114 valence electrons. The van der Waals surface area contributed by atoms with Crippen molar-refractivity contribution in [3.63, 3.8) is 0 Å². The number of fused-ring (bicyclic) bond motifs is 1. The number of aromatic nitrogens is 2. The quantitative estimate of drug-likeness (QED) is 0.729. The molecule has 2 aromatic carbocycles. The summed E-state index contributed by atoms with van der Waals surface area (Å²) in [6.07, 6.45) is 0. The summed E-state index contributed by atoms with van der Waals surface area (Å²) in [5, 5.41) is 3.41. The maximum atomic E-state index is 13.2. The van der Waals surface area contributed by atoms with E-state index in [9.17, 15) is 4.39 Å². The second-order valence-corrected chi connectivity index (χ2v) is 5.56. The number of para-hydroxylation sites is 2. The van der Waals surface area contributed by atoms with Gasteiger partial charge in [-0.2, -0.15) is 0 Å². The van der Waals surface area contributed by atoms with Gasteiger partial charge >= 0.3 is 0 Å². The van der Waals surface area contributed by atoms with Crippen molar-refractivity contribution in [2.45, 2.75) is 26.9 Å². The van der Waals surface area contributed by atoms with Crippen LogP contribution in [-0.4, -0.2) is 16.1 Å². The van der Waals surface area contributed by atoms with Crippen molar-refractivity contribution < 1.29 is 4.39 Å². The van der Waals surface area contributed by atoms with Crippen molar-refractivity contribution in [2.24, 2.45) is 0 Å². The Labute approximate surface area is 129 Å². The van der Waals surface area contributed by atoms with E-state index in [4.69, 9.17) is 0 Å². The molecule has 3 nitrogen and oxygen atoms in total. The number of nitrogens with one attached hydrogen (secondary N) is 1. The van der Waals surface area contributed by atoms with E-state index in [-0.39, 0.29) is 5.82 Å². The molecule has 4 heteroatoms. The second-order valence-electron chi connectivity index (χ2n) is 5.56. The predicted molar refractivity (Wildman–Crippen MR) is 87.3 cm³/mol. The Hall–Kier alpha value is -2.20. The Kier molecular flexibility index (Phi) is 4.20. The van der Waals surface area contributed by atoms with Crippen LogP contribution in [0.5, 0.6) is 0 Å². The lowest BCUT2D eigenvalue weighted by molar-refractivity contribution is 0.593. The Morgan fingerprint density at radius 1 is 1.14 bits per heavy atom. The van der Waals surface area contributed by atoms with E-state index < -0.39 is 0 Å². The molecule has 0 saturated heterocycles. The van der Waals surface area contributed by atoms with Crippen LogP contribution in [-0.2, 0) is 13.1 Å². The molecule has 0 atom stereocenters. The van der Waals surface area contributed by atoms with Crippen molar-refractivity contribution in [2.75, 3.05) is 6.54 Å². The molecule has 1 heterocycles. The first-order chi connectivity index (χ1) is 10.6. The van der Waals surface area contributed by atoms with Crippen molar-refractivity contribution in [3.8, 4) is 0 Å². The zero-order valence-electron chi connectivity index (χ0n) is 12.9. The average Bonchev–Trinajstić information content (AvgIpc) is 2.83. The minimum absolute atomic E-state index is 0.149. The number of aryl methyl sites for hydroxylation is 2. The fourth-order valence-electron chi connectivity index (χ4n) is 2.72. The van der Waals surface area contributed by atoms with Crippen LogP contribution < -0.4 is 5.32 Å². The SMILES string of the molecule is Cc1cc(CNCCn2c(C)nc3ccccc32)ccc1F. The fourth-order valence-corrected chi connectivity index (χ4v) is 2.72. The number of hydrogen-bond acceptors (Lipinski definition) is 2. The lowest BCUT2D eigenvalue weighted by atomic mass is 10.1. The van der Waals surface area contributed by atoms with E-state index in [2.05, 4.69) is 20.9 Å². The molecule has 3 rings (SSSR count). The van der Waals surface area contributed by atoms with Gasteiger partial charge in [0.1, 0.15) is 11.6 Å². The highest BCUT2D eigenvalue weighted by Gasteiger charge is 2.05. The van der Waals surface area contributed by atoms with Gasteiger partial charge in [0.2, 0.25) is 0 Å². The average molecular weight is 297 g/mol. The van der Waals surface area contributed by atoms with E-state index in [1.165, 1.54) is 11.6 Å². The first-order valence-corrected chi connectivity index (χ1v) is 7.53. The molecule has 0 aliphatic heterocycles. The van der Waals surface area contributed by atoms with Gasteiger partial charge < -0.3 is 9.88 Å². The van der Waals surface area contributed by atoms with Crippen LogP contribution in [0.4, 0.5) is 4.39 Å². The first-order valence-electron chi connectivity index (χ1n) is 7.53. The zero-order chi connectivity index (χ0) is 15.5. The number of benzene rings is 2. The number of hydrogen-bond donors (Lipinski definition) is 1. The van der Waals surface area contributed by atoms with Crippen molar-refractivity contribution in [1.29, 1.82) is 0 Å². The molecule has 0 fully saturated rings. The van der Waals surface area contributed by atoms with Crippen LogP contribution in [0.1, 0.15) is 17.0 Å². The van der Waals surface area contributed by atoms with E-state index in [0.29, 0.717) is 5.56 Å². The van der Waals surface area contributed by atoms with Crippen molar-refractivity contribution in [3.05, 3.63) is 65.2 Å². The summed E-state index contributed by atoms with van der Waals surface area (Å²) in [6, 6.07) is 13.4. The lowest BCUT2D eigenvalue weighted by Crippen LogP contribution is -2.20. The van der Waals surface area contributed by atoms with Crippen molar-refractivity contribution in [1.82, 2.24) is 14.9 Å². The second kappa shape index (κ2) is 6.28. The normalized spacial score (nSPS) is 11.2. The Morgan fingerprint density at radius 2 is 1.95 bits per heavy atom. The molecule has 0 amide bonds. The Bertz CT molecular complexity index is 792. The van der Waals surface area contributed by atoms with E-state index in [1.54, 1.807) is 6.92 Å². The highest BCUT2D eigenvalue weighted by molar-refractivity contribution is 5.75. The van der Waals surface area contributed by atoms with Gasteiger partial charge in [0.15, 0.2) is 0 Å². The predicted octanol–water partition coefficient (Wildman–Crippen LogP) is 3.58. The Morgan fingerprint density at radius 3 is 2.77 bits per heavy atom. The van der Waals surface area contributed by atoms with Gasteiger partial charge in [-0.1, -0.05) is 24.3 Å². The summed E-state index contributed by atoms with van der Waals surface area (Å²) in [5.41, 5.74) is 4.00. The summed E-state index contributed by atoms with van der Waals surface area (Å²) < 4.78 is 15.5. The molecule has 0 aliphatic carbocycles. The van der Waals surface area contributed by atoms with Gasteiger partial charge in [0.25, 0.3) is 0 Å². The summed E-state index contributed by atoms with van der Waals surface area (Å²) in [4.78, 5) is 4.56. The van der Waals surface area contributed by atoms with Crippen molar-refractivity contribution >= 4 is 11.0 Å². The van der Waals surface area contributed by atoms with E-state index in [1.807, 2.05) is 37.3 Å². The maximum Gasteiger partial charge on any atom is 0.126 e. The third-order valence-corrected chi connectivity index (χ3v) is 3.91. The van der Waals surface area contributed by atoms with Crippen LogP contribution in [0.2, 0.25) is 0 Å². The van der Waals surface area contributed by atoms with Gasteiger partial charge in [-0.3, -0.25) is 0 Å². The number of nitrogens with zero attached hydrogens (tertiary/aromatic N) is 2. The summed E-state index contributed by atoms with van der Waals surface area (Å²) in [5.74, 6) is 0.880. The summed E-state index contributed by atoms with van der Waals surface area (Å²) in [7, 11) is 0. The highest BCUT2D eigenvalue weighted by atomic mass is 19.1. The topological polar surface area (TPSA) is 29.9 Å². The van der Waals surface area contributed by atoms with Crippen LogP contribution in [0.25, 0.3) is 11.0 Å². The Balaban J connectivity index is 1.60. The van der Waals surface area contributed by atoms with E-state index >= 15 is 0 Å². The maximum absolute atomic E-state index is 13.2. The van der Waals surface area contributed by atoms with Gasteiger partial charge in [-0.05, 0) is 43.2 Å². The van der Waals surface area contributed by atoms with Crippen LogP contribution in [0.3, 0.4) is 0 Å². The third-order valence-electron chi connectivity index (χ3n) is 3.91. The molecule has 0 spiro atoms. The molecule has 0 radical (unpaired) electrons. The van der Waals surface area contributed by atoms with Crippen LogP contribution in [0.15, 0.2) is 42.5 Å². The number of halogens is 1. The molecule has 3 aromatic rings. The number of imidazole rings is 1. The zero-order valence-corrected chi connectivity index (χ0v) is 12.9. The van der Waals surface area contributed by atoms with Crippen LogP contribution in [0, 0.1) is 19.7 Å².